The van der Waals surface area contributed by atoms with Crippen molar-refractivity contribution in [2.24, 2.45) is 0 Å². The van der Waals surface area contributed by atoms with Crippen LogP contribution in [0.1, 0.15) is 36.0 Å². The maximum absolute atomic E-state index is 9.24. The molecule has 2 aliphatic rings. The van der Waals surface area contributed by atoms with Crippen molar-refractivity contribution >= 4 is 78.6 Å². The highest BCUT2D eigenvalue weighted by atomic mass is 32.2. The van der Waals surface area contributed by atoms with Gasteiger partial charge < -0.3 is 14.2 Å². The molecule has 1 aliphatic heterocycles. The summed E-state index contributed by atoms with van der Waals surface area (Å²) in [5.41, 5.74) is 8.43. The highest BCUT2D eigenvalue weighted by Gasteiger charge is 2.52. The molecule has 296 valence electrons. The molecule has 63 heavy (non-hydrogen) atoms. The molecule has 0 bridgehead atoms. The minimum atomic E-state index is -0.844. The minimum absolute atomic E-state index is 0.165. The van der Waals surface area contributed by atoms with Gasteiger partial charge in [0.2, 0.25) is 0 Å². The topological polar surface area (TPSA) is 19.6 Å². The van der Waals surface area contributed by atoms with Gasteiger partial charge >= 0.3 is 0 Å². The van der Waals surface area contributed by atoms with Crippen molar-refractivity contribution in [1.82, 2.24) is 0 Å². The highest BCUT2D eigenvalue weighted by Crippen LogP contribution is 2.65. The molecule has 13 rings (SSSR count). The van der Waals surface area contributed by atoms with Crippen molar-refractivity contribution in [3.8, 4) is 11.1 Å². The zero-order chi connectivity index (χ0) is 50.2. The van der Waals surface area contributed by atoms with Crippen molar-refractivity contribution in [1.29, 1.82) is 0 Å². The number of hydrogen-bond acceptors (Lipinski definition) is 4. The van der Waals surface area contributed by atoms with Gasteiger partial charge in [-0.05, 0) is 117 Å². The summed E-state index contributed by atoms with van der Waals surface area (Å²) in [6.07, 6.45) is 0. The Morgan fingerprint density at radius 3 is 1.70 bits per heavy atom. The molecule has 1 spiro atoms. The van der Waals surface area contributed by atoms with Gasteiger partial charge in [0, 0.05) is 48.9 Å². The predicted molar refractivity (Wildman–Crippen MR) is 262 cm³/mol. The zero-order valence-corrected chi connectivity index (χ0v) is 34.2. The van der Waals surface area contributed by atoms with Gasteiger partial charge in [-0.2, -0.15) is 0 Å². The number of furan rings is 1. The smallest absolute Gasteiger partial charge is 0.159 e. The van der Waals surface area contributed by atoms with Gasteiger partial charge in [0.1, 0.15) is 5.58 Å². The van der Waals surface area contributed by atoms with Crippen LogP contribution in [0.4, 0.5) is 34.1 Å². The Morgan fingerprint density at radius 2 is 0.984 bits per heavy atom. The normalized spacial score (nSPS) is 15.4. The van der Waals surface area contributed by atoms with Crippen LogP contribution in [-0.4, -0.2) is 0 Å². The van der Waals surface area contributed by atoms with E-state index in [1.165, 1.54) is 4.90 Å². The fourth-order valence-electron chi connectivity index (χ4n) is 9.99. The SMILES string of the molecule is [2H]c1c([2H])c([2H])c(N(c2cccc(N(c3cccc4c3C3(c5ccccc5S4)c4ccccc4-c4ccccc43)c3cccc4c3oc3cc5ccccc5cc34)c2)c2c([2H])c([2H])c([2H])c([2H])c2[2H])c([2H])c1[2H]. The number of anilines is 6. The Balaban J connectivity index is 1.16. The van der Waals surface area contributed by atoms with Gasteiger partial charge in [0.15, 0.2) is 5.58 Å². The highest BCUT2D eigenvalue weighted by molar-refractivity contribution is 7.99. The Bertz CT molecular complexity index is 4020. The first-order chi connectivity index (χ1) is 35.4. The van der Waals surface area contributed by atoms with Crippen LogP contribution in [0.15, 0.2) is 244 Å². The summed E-state index contributed by atoms with van der Waals surface area (Å²) in [7, 11) is 0. The molecule has 1 aliphatic carbocycles. The quantitative estimate of drug-likeness (QED) is 0.166. The van der Waals surface area contributed by atoms with Gasteiger partial charge in [-0.15, -0.1) is 0 Å². The van der Waals surface area contributed by atoms with E-state index in [1.54, 1.807) is 30.0 Å². The van der Waals surface area contributed by atoms with Gasteiger partial charge in [-0.25, -0.2) is 0 Å². The van der Waals surface area contributed by atoms with E-state index in [9.17, 15) is 5.48 Å². The third-order valence-electron chi connectivity index (χ3n) is 12.4. The molecule has 4 heteroatoms. The maximum atomic E-state index is 9.24. The van der Waals surface area contributed by atoms with E-state index >= 15 is 0 Å². The summed E-state index contributed by atoms with van der Waals surface area (Å²) in [5, 5.41) is 3.87. The van der Waals surface area contributed by atoms with Crippen LogP contribution in [-0.2, 0) is 5.41 Å². The van der Waals surface area contributed by atoms with Crippen molar-refractivity contribution in [2.75, 3.05) is 9.80 Å². The minimum Gasteiger partial charge on any atom is -0.454 e. The van der Waals surface area contributed by atoms with Crippen molar-refractivity contribution < 1.29 is 18.1 Å². The van der Waals surface area contributed by atoms with Crippen LogP contribution in [0.5, 0.6) is 0 Å². The summed E-state index contributed by atoms with van der Waals surface area (Å²) < 4.78 is 96.0. The van der Waals surface area contributed by atoms with Gasteiger partial charge in [0.25, 0.3) is 0 Å². The Labute approximate surface area is 384 Å². The molecular weight excluding hydrogens is 785 g/mol. The summed E-state index contributed by atoms with van der Waals surface area (Å²) in [4.78, 5) is 5.47. The maximum Gasteiger partial charge on any atom is 0.159 e. The monoisotopic (exact) mass is 832 g/mol. The van der Waals surface area contributed by atoms with E-state index in [4.69, 9.17) is 12.6 Å². The number of benzene rings is 10. The number of rotatable bonds is 6. The second kappa shape index (κ2) is 14.1. The lowest BCUT2D eigenvalue weighted by molar-refractivity contribution is 0.669. The fourth-order valence-corrected chi connectivity index (χ4v) is 11.2. The molecule has 0 saturated heterocycles. The van der Waals surface area contributed by atoms with E-state index in [0.717, 1.165) is 70.4 Å². The molecule has 0 radical (unpaired) electrons. The lowest BCUT2D eigenvalue weighted by Crippen LogP contribution is -2.34. The summed E-state index contributed by atoms with van der Waals surface area (Å²) in [6, 6.07) is 51.1. The van der Waals surface area contributed by atoms with Gasteiger partial charge in [0.05, 0.1) is 30.5 Å². The first-order valence-corrected chi connectivity index (χ1v) is 21.5. The van der Waals surface area contributed by atoms with Crippen LogP contribution in [0, 0.1) is 0 Å². The Morgan fingerprint density at radius 1 is 0.429 bits per heavy atom. The molecule has 0 unspecified atom stereocenters. The van der Waals surface area contributed by atoms with Crippen LogP contribution in [0.3, 0.4) is 0 Å². The first kappa shape index (κ1) is 27.2. The lowest BCUT2D eigenvalue weighted by atomic mass is 9.66. The number of para-hydroxylation sites is 3. The largest absolute Gasteiger partial charge is 0.454 e. The number of hydrogen-bond donors (Lipinski definition) is 0. The van der Waals surface area contributed by atoms with Crippen molar-refractivity contribution in [3.63, 3.8) is 0 Å². The summed E-state index contributed by atoms with van der Waals surface area (Å²) in [6.45, 7) is 0. The van der Waals surface area contributed by atoms with Gasteiger partial charge in [-0.3, -0.25) is 0 Å². The molecule has 0 atom stereocenters. The first-order valence-electron chi connectivity index (χ1n) is 25.7. The van der Waals surface area contributed by atoms with Crippen molar-refractivity contribution in [3.05, 3.63) is 253 Å². The Kier molecular flexibility index (Phi) is 6.11. The Hall–Kier alpha value is -7.79. The van der Waals surface area contributed by atoms with E-state index in [-0.39, 0.29) is 17.1 Å². The third kappa shape index (κ3) is 5.35. The van der Waals surface area contributed by atoms with E-state index < -0.39 is 65.8 Å². The number of nitrogens with zero attached hydrogens (tertiary/aromatic N) is 2. The second-order valence-electron chi connectivity index (χ2n) is 15.7. The van der Waals surface area contributed by atoms with Crippen LogP contribution >= 0.6 is 11.8 Å². The van der Waals surface area contributed by atoms with Crippen LogP contribution in [0.2, 0.25) is 0 Å². The predicted octanol–water partition coefficient (Wildman–Crippen LogP) is 16.5. The van der Waals surface area contributed by atoms with Crippen LogP contribution < -0.4 is 9.80 Å². The van der Waals surface area contributed by atoms with E-state index in [1.807, 2.05) is 42.5 Å². The summed E-state index contributed by atoms with van der Waals surface area (Å²) in [5.74, 6) is 0. The van der Waals surface area contributed by atoms with Crippen LogP contribution in [0.25, 0.3) is 43.8 Å². The van der Waals surface area contributed by atoms with Gasteiger partial charge in [-0.1, -0.05) is 163 Å². The molecule has 0 amide bonds. The molecule has 2 heterocycles. The van der Waals surface area contributed by atoms with Crippen molar-refractivity contribution in [2.45, 2.75) is 15.2 Å². The average molecular weight is 833 g/mol. The summed E-state index contributed by atoms with van der Waals surface area (Å²) >= 11 is 1.70. The molecule has 3 nitrogen and oxygen atoms in total. The molecule has 10 aromatic carbocycles. The third-order valence-corrected chi connectivity index (χ3v) is 13.6. The molecule has 1 aromatic heterocycles. The molecular formula is C59H38N2OS. The molecule has 11 aromatic rings. The number of fused-ring (bicyclic) bond motifs is 13. The lowest BCUT2D eigenvalue weighted by Gasteiger charge is -2.42. The van der Waals surface area contributed by atoms with E-state index in [0.29, 0.717) is 22.5 Å². The fraction of sp³-hybridized carbons (Fsp3) is 0.0169. The van der Waals surface area contributed by atoms with E-state index in [2.05, 4.69) is 114 Å². The zero-order valence-electron chi connectivity index (χ0n) is 43.4. The standard InChI is InChI=1S/C59H38N2OS/c1-3-20-41(21-4-1)60(42-22-5-2-6-23-42)43-24-15-25-44(38-43)61(53-33-16-28-47-48-36-39-18-7-8-19-40(39)37-54(48)62-58(47)53)52-32-17-35-56-57(52)59(51-31-13-14-34-55(51)63-56)49-29-11-9-26-45(49)46-27-10-12-30-50(46)59/h1-38H/i1D,2D,3D,4D,5D,6D,20D,21D,22D,23D. The molecule has 0 N–H and O–H groups in total. The molecule has 0 fully saturated rings. The second-order valence-corrected chi connectivity index (χ2v) is 16.8. The average Bonchev–Trinajstić information content (AvgIpc) is 3.95. The molecule has 0 saturated carbocycles.